The van der Waals surface area contributed by atoms with Crippen LogP contribution in [-0.2, 0) is 11.3 Å². The minimum Gasteiger partial charge on any atom is -0.361 e. The van der Waals surface area contributed by atoms with Crippen LogP contribution in [0.15, 0.2) is 40.9 Å². The SMILES string of the molecule is CNC(=O)NC(=O)C(c1ccccc1)N1CCN(Cc2cc(C)on2)CC1. The first-order chi connectivity index (χ1) is 13.1. The predicted octanol–water partition coefficient (Wildman–Crippen LogP) is 1.30. The van der Waals surface area contributed by atoms with Crippen molar-refractivity contribution in [2.75, 3.05) is 33.2 Å². The van der Waals surface area contributed by atoms with E-state index in [4.69, 9.17) is 4.52 Å². The molecule has 0 aliphatic carbocycles. The number of urea groups is 1. The fourth-order valence-corrected chi connectivity index (χ4v) is 3.31. The maximum absolute atomic E-state index is 12.7. The van der Waals surface area contributed by atoms with E-state index < -0.39 is 12.1 Å². The summed E-state index contributed by atoms with van der Waals surface area (Å²) in [7, 11) is 1.49. The standard InChI is InChI=1S/C19H25N5O3/c1-14-12-16(22-27-14)13-23-8-10-24(11-9-23)17(15-6-4-3-5-7-15)18(25)21-19(26)20-2/h3-7,12,17H,8-11,13H2,1-2H3,(H2,20,21,25,26). The summed E-state index contributed by atoms with van der Waals surface area (Å²) in [5.41, 5.74) is 1.79. The zero-order valence-electron chi connectivity index (χ0n) is 15.6. The summed E-state index contributed by atoms with van der Waals surface area (Å²) in [6.07, 6.45) is 0. The fourth-order valence-electron chi connectivity index (χ4n) is 3.31. The third kappa shape index (κ3) is 4.93. The van der Waals surface area contributed by atoms with Gasteiger partial charge >= 0.3 is 6.03 Å². The van der Waals surface area contributed by atoms with Crippen molar-refractivity contribution in [1.29, 1.82) is 0 Å². The largest absolute Gasteiger partial charge is 0.361 e. The van der Waals surface area contributed by atoms with Crippen molar-refractivity contribution in [3.05, 3.63) is 53.4 Å². The molecule has 1 aliphatic rings. The van der Waals surface area contributed by atoms with Crippen molar-refractivity contribution in [3.63, 3.8) is 0 Å². The second-order valence-corrected chi connectivity index (χ2v) is 6.62. The zero-order valence-corrected chi connectivity index (χ0v) is 15.6. The molecule has 2 aromatic rings. The highest BCUT2D eigenvalue weighted by Crippen LogP contribution is 2.23. The molecule has 1 unspecified atom stereocenters. The maximum atomic E-state index is 12.7. The summed E-state index contributed by atoms with van der Waals surface area (Å²) in [4.78, 5) is 28.7. The van der Waals surface area contributed by atoms with E-state index in [0.717, 1.165) is 49.7 Å². The molecule has 2 N–H and O–H groups in total. The highest BCUT2D eigenvalue weighted by molar-refractivity contribution is 5.97. The van der Waals surface area contributed by atoms with Gasteiger partial charge in [0.15, 0.2) is 0 Å². The van der Waals surface area contributed by atoms with Gasteiger partial charge < -0.3 is 9.84 Å². The minimum atomic E-state index is -0.500. The first-order valence-corrected chi connectivity index (χ1v) is 9.03. The van der Waals surface area contributed by atoms with Crippen LogP contribution in [0, 0.1) is 6.92 Å². The lowest BCUT2D eigenvalue weighted by Gasteiger charge is -2.38. The normalized spacial score (nSPS) is 16.7. The number of aryl methyl sites for hydroxylation is 1. The maximum Gasteiger partial charge on any atom is 0.321 e. The molecule has 3 rings (SSSR count). The highest BCUT2D eigenvalue weighted by atomic mass is 16.5. The molecular weight excluding hydrogens is 346 g/mol. The van der Waals surface area contributed by atoms with E-state index in [-0.39, 0.29) is 5.91 Å². The third-order valence-corrected chi connectivity index (χ3v) is 4.66. The lowest BCUT2D eigenvalue weighted by Crippen LogP contribution is -2.52. The highest BCUT2D eigenvalue weighted by Gasteiger charge is 2.31. The number of hydrogen-bond acceptors (Lipinski definition) is 6. The van der Waals surface area contributed by atoms with Gasteiger partial charge in [0.05, 0.1) is 5.69 Å². The van der Waals surface area contributed by atoms with Crippen LogP contribution in [0.3, 0.4) is 0 Å². The van der Waals surface area contributed by atoms with E-state index in [2.05, 4.69) is 25.6 Å². The van der Waals surface area contributed by atoms with Gasteiger partial charge in [-0.3, -0.25) is 19.9 Å². The summed E-state index contributed by atoms with van der Waals surface area (Å²) < 4.78 is 5.12. The zero-order chi connectivity index (χ0) is 19.2. The Labute approximate surface area is 158 Å². The van der Waals surface area contributed by atoms with Crippen molar-refractivity contribution in [2.24, 2.45) is 0 Å². The summed E-state index contributed by atoms with van der Waals surface area (Å²) in [5, 5.41) is 8.88. The van der Waals surface area contributed by atoms with Gasteiger partial charge in [-0.05, 0) is 12.5 Å². The van der Waals surface area contributed by atoms with Crippen molar-refractivity contribution in [2.45, 2.75) is 19.5 Å². The second kappa shape index (κ2) is 8.79. The van der Waals surface area contributed by atoms with Crippen LogP contribution in [0.25, 0.3) is 0 Å². The van der Waals surface area contributed by atoms with Gasteiger partial charge in [-0.1, -0.05) is 35.5 Å². The Bertz CT molecular complexity index is 769. The Morgan fingerprint density at radius 2 is 1.89 bits per heavy atom. The van der Waals surface area contributed by atoms with E-state index in [9.17, 15) is 9.59 Å². The van der Waals surface area contributed by atoms with Crippen molar-refractivity contribution < 1.29 is 14.1 Å². The second-order valence-electron chi connectivity index (χ2n) is 6.62. The number of nitrogens with one attached hydrogen (secondary N) is 2. The molecule has 2 heterocycles. The molecule has 1 saturated heterocycles. The first-order valence-electron chi connectivity index (χ1n) is 9.03. The molecule has 144 valence electrons. The van der Waals surface area contributed by atoms with Gasteiger partial charge in [0.2, 0.25) is 5.91 Å². The number of amides is 3. The van der Waals surface area contributed by atoms with Gasteiger partial charge in [0.1, 0.15) is 11.8 Å². The number of rotatable bonds is 5. The molecule has 0 spiro atoms. The Morgan fingerprint density at radius 3 is 2.48 bits per heavy atom. The minimum absolute atomic E-state index is 0.318. The number of piperazine rings is 1. The van der Waals surface area contributed by atoms with Crippen LogP contribution in [-0.4, -0.2) is 60.1 Å². The molecule has 1 aromatic heterocycles. The number of carbonyl (C=O) groups is 2. The topological polar surface area (TPSA) is 90.7 Å². The van der Waals surface area contributed by atoms with Gasteiger partial charge in [0.25, 0.3) is 0 Å². The molecule has 0 radical (unpaired) electrons. The number of hydrogen-bond donors (Lipinski definition) is 2. The third-order valence-electron chi connectivity index (χ3n) is 4.66. The smallest absolute Gasteiger partial charge is 0.321 e. The fraction of sp³-hybridized carbons (Fsp3) is 0.421. The Morgan fingerprint density at radius 1 is 1.19 bits per heavy atom. The molecule has 27 heavy (non-hydrogen) atoms. The molecule has 0 saturated carbocycles. The number of aromatic nitrogens is 1. The Balaban J connectivity index is 1.66. The number of carbonyl (C=O) groups excluding carboxylic acids is 2. The van der Waals surface area contributed by atoms with E-state index in [1.54, 1.807) is 0 Å². The van der Waals surface area contributed by atoms with Crippen LogP contribution in [0.2, 0.25) is 0 Å². The molecule has 1 aliphatic heterocycles. The van der Waals surface area contributed by atoms with Gasteiger partial charge in [-0.2, -0.15) is 0 Å². The van der Waals surface area contributed by atoms with Crippen molar-refractivity contribution in [3.8, 4) is 0 Å². The van der Waals surface area contributed by atoms with Crippen LogP contribution in [0.4, 0.5) is 4.79 Å². The van der Waals surface area contributed by atoms with E-state index >= 15 is 0 Å². The summed E-state index contributed by atoms with van der Waals surface area (Å²) >= 11 is 0. The van der Waals surface area contributed by atoms with Gasteiger partial charge in [0, 0.05) is 45.8 Å². The summed E-state index contributed by atoms with van der Waals surface area (Å²) in [5.74, 6) is 0.486. The number of nitrogens with zero attached hydrogens (tertiary/aromatic N) is 3. The number of benzene rings is 1. The average molecular weight is 371 g/mol. The molecule has 1 aromatic carbocycles. The summed E-state index contributed by atoms with van der Waals surface area (Å²) in [6, 6.07) is 10.5. The van der Waals surface area contributed by atoms with Crippen LogP contribution >= 0.6 is 0 Å². The van der Waals surface area contributed by atoms with Gasteiger partial charge in [-0.25, -0.2) is 4.79 Å². The van der Waals surface area contributed by atoms with Crippen molar-refractivity contribution >= 4 is 11.9 Å². The first kappa shape index (κ1) is 19.1. The van der Waals surface area contributed by atoms with E-state index in [1.165, 1.54) is 7.05 Å². The molecule has 1 atom stereocenters. The Kier molecular flexibility index (Phi) is 6.20. The van der Waals surface area contributed by atoms with Crippen LogP contribution < -0.4 is 10.6 Å². The summed E-state index contributed by atoms with van der Waals surface area (Å²) in [6.45, 7) is 5.66. The Hall–Kier alpha value is -2.71. The molecule has 8 heteroatoms. The molecule has 1 fully saturated rings. The van der Waals surface area contributed by atoms with Crippen LogP contribution in [0.5, 0.6) is 0 Å². The molecule has 3 amide bonds. The van der Waals surface area contributed by atoms with Gasteiger partial charge in [-0.15, -0.1) is 0 Å². The number of imide groups is 1. The quantitative estimate of drug-likeness (QED) is 0.823. The average Bonchev–Trinajstić information content (AvgIpc) is 3.09. The van der Waals surface area contributed by atoms with E-state index in [0.29, 0.717) is 0 Å². The molecule has 0 bridgehead atoms. The van der Waals surface area contributed by atoms with Crippen molar-refractivity contribution in [1.82, 2.24) is 25.6 Å². The lowest BCUT2D eigenvalue weighted by atomic mass is 10.0. The molecular formula is C19H25N5O3. The van der Waals surface area contributed by atoms with Crippen LogP contribution in [0.1, 0.15) is 23.1 Å². The predicted molar refractivity (Wildman–Crippen MR) is 99.9 cm³/mol. The lowest BCUT2D eigenvalue weighted by molar-refractivity contribution is -0.126. The molecule has 8 nitrogen and oxygen atoms in total. The van der Waals surface area contributed by atoms with E-state index in [1.807, 2.05) is 43.3 Å². The monoisotopic (exact) mass is 371 g/mol.